The lowest BCUT2D eigenvalue weighted by Crippen LogP contribution is -2.58. The van der Waals surface area contributed by atoms with Crippen molar-refractivity contribution >= 4 is 5.91 Å². The first-order valence-corrected chi connectivity index (χ1v) is 6.38. The second kappa shape index (κ2) is 4.72. The van der Waals surface area contributed by atoms with Crippen molar-refractivity contribution in [3.63, 3.8) is 0 Å². The van der Waals surface area contributed by atoms with Gasteiger partial charge < -0.3 is 15.7 Å². The molecule has 0 unspecified atom stereocenters. The van der Waals surface area contributed by atoms with E-state index in [1.54, 1.807) is 4.90 Å². The number of hydrogen-bond acceptors (Lipinski definition) is 3. The zero-order chi connectivity index (χ0) is 11.6. The maximum atomic E-state index is 12.3. The molecule has 2 rings (SSSR count). The van der Waals surface area contributed by atoms with Crippen LogP contribution in [0.4, 0.5) is 0 Å². The van der Waals surface area contributed by atoms with Crippen LogP contribution in [0.25, 0.3) is 0 Å². The van der Waals surface area contributed by atoms with E-state index >= 15 is 0 Å². The highest BCUT2D eigenvalue weighted by molar-refractivity contribution is 5.86. The molecule has 3 N–H and O–H groups in total. The van der Waals surface area contributed by atoms with Crippen LogP contribution in [0.2, 0.25) is 0 Å². The molecule has 0 aromatic rings. The Morgan fingerprint density at radius 1 is 1.25 bits per heavy atom. The predicted octanol–water partition coefficient (Wildman–Crippen LogP) is 0.631. The number of aliphatic hydroxyl groups is 1. The zero-order valence-electron chi connectivity index (χ0n) is 9.82. The van der Waals surface area contributed by atoms with Gasteiger partial charge in [0.25, 0.3) is 0 Å². The molecule has 4 heteroatoms. The number of β-amino-alcohol motifs (C(OH)–C–C–N with tert-alkyl or cyclic N) is 1. The van der Waals surface area contributed by atoms with Gasteiger partial charge in [0.05, 0.1) is 11.6 Å². The van der Waals surface area contributed by atoms with Crippen LogP contribution in [0.5, 0.6) is 0 Å². The van der Waals surface area contributed by atoms with E-state index in [0.717, 1.165) is 45.1 Å². The second-order valence-corrected chi connectivity index (χ2v) is 5.26. The molecule has 0 aromatic carbocycles. The van der Waals surface area contributed by atoms with E-state index in [9.17, 15) is 9.90 Å². The third kappa shape index (κ3) is 2.38. The second-order valence-electron chi connectivity index (χ2n) is 5.26. The normalized spacial score (nSPS) is 30.1. The van der Waals surface area contributed by atoms with Crippen molar-refractivity contribution in [2.24, 2.45) is 5.73 Å². The summed E-state index contributed by atoms with van der Waals surface area (Å²) in [6, 6.07) is 0. The number of carbonyl (C=O) groups is 1. The van der Waals surface area contributed by atoms with Gasteiger partial charge in [-0.05, 0) is 25.7 Å². The minimum Gasteiger partial charge on any atom is -0.391 e. The number of hydrogen-bond donors (Lipinski definition) is 2. The van der Waals surface area contributed by atoms with E-state index in [0.29, 0.717) is 6.54 Å². The standard InChI is InChI=1S/C12H22N2O2/c13-12(6-2-1-3-7-12)11(16)14-8-4-5-10(15)9-14/h10,15H,1-9,13H2/t10-/m0/s1. The van der Waals surface area contributed by atoms with Crippen LogP contribution in [-0.2, 0) is 4.79 Å². The molecule has 1 aliphatic carbocycles. The smallest absolute Gasteiger partial charge is 0.242 e. The maximum absolute atomic E-state index is 12.3. The number of carbonyl (C=O) groups excluding carboxylic acids is 1. The third-order valence-electron chi connectivity index (χ3n) is 3.86. The van der Waals surface area contributed by atoms with Crippen LogP contribution in [-0.4, -0.2) is 40.6 Å². The Bertz CT molecular complexity index is 262. The Kier molecular flexibility index (Phi) is 3.50. The lowest BCUT2D eigenvalue weighted by atomic mass is 9.81. The molecular formula is C12H22N2O2. The van der Waals surface area contributed by atoms with Crippen molar-refractivity contribution in [2.45, 2.75) is 56.6 Å². The lowest BCUT2D eigenvalue weighted by molar-refractivity contribution is -0.141. The van der Waals surface area contributed by atoms with Gasteiger partial charge >= 0.3 is 0 Å². The van der Waals surface area contributed by atoms with Crippen LogP contribution >= 0.6 is 0 Å². The predicted molar refractivity (Wildman–Crippen MR) is 61.8 cm³/mol. The molecule has 4 nitrogen and oxygen atoms in total. The summed E-state index contributed by atoms with van der Waals surface area (Å²) in [7, 11) is 0. The molecule has 1 saturated heterocycles. The number of rotatable bonds is 1. The van der Waals surface area contributed by atoms with Crippen molar-refractivity contribution in [1.82, 2.24) is 4.90 Å². The molecular weight excluding hydrogens is 204 g/mol. The van der Waals surface area contributed by atoms with Gasteiger partial charge in [0.1, 0.15) is 0 Å². The van der Waals surface area contributed by atoms with Crippen molar-refractivity contribution in [1.29, 1.82) is 0 Å². The van der Waals surface area contributed by atoms with Gasteiger partial charge in [0.2, 0.25) is 5.91 Å². The number of likely N-dealkylation sites (tertiary alicyclic amines) is 1. The average molecular weight is 226 g/mol. The van der Waals surface area contributed by atoms with Crippen LogP contribution < -0.4 is 5.73 Å². The van der Waals surface area contributed by atoms with Gasteiger partial charge in [0, 0.05) is 13.1 Å². The first-order valence-electron chi connectivity index (χ1n) is 6.38. The molecule has 2 fully saturated rings. The van der Waals surface area contributed by atoms with Gasteiger partial charge in [-0.3, -0.25) is 4.79 Å². The summed E-state index contributed by atoms with van der Waals surface area (Å²) in [6.45, 7) is 1.23. The Morgan fingerprint density at radius 3 is 2.56 bits per heavy atom. The highest BCUT2D eigenvalue weighted by Gasteiger charge is 2.39. The molecule has 0 spiro atoms. The molecule has 0 aromatic heterocycles. The SMILES string of the molecule is NC1(C(=O)N2CCC[C@H](O)C2)CCCCC1. The number of amides is 1. The summed E-state index contributed by atoms with van der Waals surface area (Å²) in [5.74, 6) is 0.0611. The lowest BCUT2D eigenvalue weighted by Gasteiger charge is -2.39. The number of nitrogens with two attached hydrogens (primary N) is 1. The topological polar surface area (TPSA) is 66.6 Å². The van der Waals surface area contributed by atoms with Crippen molar-refractivity contribution < 1.29 is 9.90 Å². The van der Waals surface area contributed by atoms with E-state index in [1.807, 2.05) is 0 Å². The van der Waals surface area contributed by atoms with Crippen molar-refractivity contribution in [3.05, 3.63) is 0 Å². The Labute approximate surface area is 96.8 Å². The quantitative estimate of drug-likeness (QED) is 0.689. The minimum absolute atomic E-state index is 0.0611. The Morgan fingerprint density at radius 2 is 1.94 bits per heavy atom. The van der Waals surface area contributed by atoms with Gasteiger partial charge in [-0.1, -0.05) is 19.3 Å². The molecule has 92 valence electrons. The van der Waals surface area contributed by atoms with Crippen LogP contribution in [0.1, 0.15) is 44.9 Å². The summed E-state index contributed by atoms with van der Waals surface area (Å²) >= 11 is 0. The summed E-state index contributed by atoms with van der Waals surface area (Å²) in [5.41, 5.74) is 5.56. The first-order chi connectivity index (χ1) is 7.62. The van der Waals surface area contributed by atoms with Gasteiger partial charge in [-0.15, -0.1) is 0 Å². The fourth-order valence-electron chi connectivity index (χ4n) is 2.85. The van der Waals surface area contributed by atoms with Crippen molar-refractivity contribution in [3.8, 4) is 0 Å². The van der Waals surface area contributed by atoms with Crippen LogP contribution in [0.3, 0.4) is 0 Å². The zero-order valence-corrected chi connectivity index (χ0v) is 9.82. The largest absolute Gasteiger partial charge is 0.391 e. The van der Waals surface area contributed by atoms with Crippen LogP contribution in [0.15, 0.2) is 0 Å². The fourth-order valence-corrected chi connectivity index (χ4v) is 2.85. The summed E-state index contributed by atoms with van der Waals surface area (Å²) in [5, 5.41) is 9.58. The Hall–Kier alpha value is -0.610. The molecule has 1 heterocycles. The molecule has 1 saturated carbocycles. The highest BCUT2D eigenvalue weighted by Crippen LogP contribution is 2.28. The van der Waals surface area contributed by atoms with Crippen molar-refractivity contribution in [2.75, 3.05) is 13.1 Å². The minimum atomic E-state index is -0.644. The van der Waals surface area contributed by atoms with E-state index in [2.05, 4.69) is 0 Å². The van der Waals surface area contributed by atoms with E-state index in [4.69, 9.17) is 5.73 Å². The van der Waals surface area contributed by atoms with E-state index in [-0.39, 0.29) is 12.0 Å². The van der Waals surface area contributed by atoms with Crippen LogP contribution in [0, 0.1) is 0 Å². The number of piperidine rings is 1. The summed E-state index contributed by atoms with van der Waals surface area (Å²) in [4.78, 5) is 14.1. The Balaban J connectivity index is 1.99. The number of nitrogens with zero attached hydrogens (tertiary/aromatic N) is 1. The molecule has 16 heavy (non-hydrogen) atoms. The average Bonchev–Trinajstić information content (AvgIpc) is 2.29. The molecule has 0 radical (unpaired) electrons. The fraction of sp³-hybridized carbons (Fsp3) is 0.917. The third-order valence-corrected chi connectivity index (χ3v) is 3.86. The van der Waals surface area contributed by atoms with E-state index < -0.39 is 5.54 Å². The molecule has 1 aliphatic heterocycles. The molecule has 1 amide bonds. The van der Waals surface area contributed by atoms with Gasteiger partial charge in [-0.25, -0.2) is 0 Å². The van der Waals surface area contributed by atoms with E-state index in [1.165, 1.54) is 6.42 Å². The molecule has 0 bridgehead atoms. The van der Waals surface area contributed by atoms with Gasteiger partial charge in [0.15, 0.2) is 0 Å². The maximum Gasteiger partial charge on any atom is 0.242 e. The molecule has 1 atom stereocenters. The first kappa shape index (κ1) is 11.9. The summed E-state index contributed by atoms with van der Waals surface area (Å²) in [6.07, 6.45) is 6.25. The van der Waals surface area contributed by atoms with Gasteiger partial charge in [-0.2, -0.15) is 0 Å². The molecule has 2 aliphatic rings. The highest BCUT2D eigenvalue weighted by atomic mass is 16.3. The monoisotopic (exact) mass is 226 g/mol. The number of aliphatic hydroxyl groups excluding tert-OH is 1. The summed E-state index contributed by atoms with van der Waals surface area (Å²) < 4.78 is 0.